The van der Waals surface area contributed by atoms with Crippen molar-refractivity contribution in [3.05, 3.63) is 103 Å². The first-order chi connectivity index (χ1) is 17.0. The highest BCUT2D eigenvalue weighted by Gasteiger charge is 2.15. The predicted molar refractivity (Wildman–Crippen MR) is 138 cm³/mol. The summed E-state index contributed by atoms with van der Waals surface area (Å²) in [5.74, 6) is 1.04. The van der Waals surface area contributed by atoms with E-state index in [9.17, 15) is 8.42 Å². The van der Waals surface area contributed by atoms with Gasteiger partial charge in [-0.15, -0.1) is 0 Å². The molecule has 0 radical (unpaired) electrons. The summed E-state index contributed by atoms with van der Waals surface area (Å²) < 4.78 is 23.6. The van der Waals surface area contributed by atoms with Gasteiger partial charge in [0.2, 0.25) is 0 Å². The van der Waals surface area contributed by atoms with E-state index in [2.05, 4.69) is 33.5 Å². The van der Waals surface area contributed by atoms with Crippen molar-refractivity contribution in [1.82, 2.24) is 19.9 Å². The molecular formula is C27H23N5O2S. The van der Waals surface area contributed by atoms with Gasteiger partial charge in [-0.05, 0) is 41.0 Å². The Hall–Kier alpha value is -4.17. The first-order valence-corrected chi connectivity index (χ1v) is 13.1. The Balaban J connectivity index is 1.65. The fourth-order valence-electron chi connectivity index (χ4n) is 3.97. The highest BCUT2D eigenvalue weighted by molar-refractivity contribution is 7.89. The van der Waals surface area contributed by atoms with Crippen molar-refractivity contribution in [2.75, 3.05) is 11.6 Å². The lowest BCUT2D eigenvalue weighted by Gasteiger charge is -2.14. The minimum Gasteiger partial charge on any atom is -0.364 e. The van der Waals surface area contributed by atoms with Crippen LogP contribution in [0.25, 0.3) is 33.4 Å². The number of nitrogens with one attached hydrogen (secondary N) is 1. The molecule has 0 bridgehead atoms. The molecule has 0 aliphatic heterocycles. The van der Waals surface area contributed by atoms with Gasteiger partial charge >= 0.3 is 0 Å². The number of fused-ring (bicyclic) bond motifs is 1. The van der Waals surface area contributed by atoms with Gasteiger partial charge < -0.3 is 5.32 Å². The van der Waals surface area contributed by atoms with Crippen LogP contribution in [-0.2, 0) is 22.1 Å². The minimum absolute atomic E-state index is 0.0929. The summed E-state index contributed by atoms with van der Waals surface area (Å²) in [6.07, 6.45) is 6.17. The van der Waals surface area contributed by atoms with E-state index in [1.54, 1.807) is 24.7 Å². The van der Waals surface area contributed by atoms with Crippen LogP contribution in [0.3, 0.4) is 0 Å². The molecule has 0 aliphatic rings. The van der Waals surface area contributed by atoms with Crippen molar-refractivity contribution < 1.29 is 8.42 Å². The molecule has 3 heterocycles. The van der Waals surface area contributed by atoms with Crippen LogP contribution >= 0.6 is 0 Å². The molecule has 0 unspecified atom stereocenters. The third-order valence-electron chi connectivity index (χ3n) is 5.45. The van der Waals surface area contributed by atoms with E-state index in [0.29, 0.717) is 29.3 Å². The van der Waals surface area contributed by atoms with Crippen LogP contribution in [-0.4, -0.2) is 34.6 Å². The number of pyridine rings is 2. The van der Waals surface area contributed by atoms with Gasteiger partial charge in [-0.25, -0.2) is 18.4 Å². The van der Waals surface area contributed by atoms with Crippen molar-refractivity contribution in [2.45, 2.75) is 12.3 Å². The number of benzene rings is 2. The first-order valence-electron chi connectivity index (χ1n) is 11.1. The largest absolute Gasteiger partial charge is 0.364 e. The third kappa shape index (κ3) is 5.33. The molecule has 0 spiro atoms. The van der Waals surface area contributed by atoms with E-state index in [0.717, 1.165) is 27.7 Å². The van der Waals surface area contributed by atoms with Crippen LogP contribution in [0.15, 0.2) is 91.4 Å². The van der Waals surface area contributed by atoms with E-state index >= 15 is 0 Å². The Morgan fingerprint density at radius 2 is 1.69 bits per heavy atom. The zero-order valence-corrected chi connectivity index (χ0v) is 19.9. The smallest absolute Gasteiger partial charge is 0.163 e. The summed E-state index contributed by atoms with van der Waals surface area (Å²) in [4.78, 5) is 18.3. The standard InChI is InChI=1S/C27H23N5O2S/c1-35(33,34)18-19-14-21(16-28-15-19)26-31-24-12-7-11-23(20-8-3-2-4-9-20)25(24)27(32-26)30-17-22-10-5-6-13-29-22/h2-16H,17-18H2,1H3,(H,30,31,32). The zero-order chi connectivity index (χ0) is 24.3. The first kappa shape index (κ1) is 22.6. The van der Waals surface area contributed by atoms with E-state index in [4.69, 9.17) is 9.97 Å². The van der Waals surface area contributed by atoms with Gasteiger partial charge in [0.05, 0.1) is 28.9 Å². The normalized spacial score (nSPS) is 11.5. The van der Waals surface area contributed by atoms with E-state index in [1.807, 2.05) is 48.5 Å². The molecule has 0 aliphatic carbocycles. The molecule has 3 aromatic heterocycles. The zero-order valence-electron chi connectivity index (χ0n) is 19.1. The molecule has 2 aromatic carbocycles. The van der Waals surface area contributed by atoms with E-state index in [-0.39, 0.29) is 5.75 Å². The Morgan fingerprint density at radius 1 is 0.857 bits per heavy atom. The number of aromatic nitrogens is 4. The predicted octanol–water partition coefficient (Wildman–Crippen LogP) is 4.91. The molecule has 0 saturated heterocycles. The number of nitrogens with zero attached hydrogens (tertiary/aromatic N) is 4. The summed E-state index contributed by atoms with van der Waals surface area (Å²) in [6, 6.07) is 23.6. The molecule has 1 N–H and O–H groups in total. The SMILES string of the molecule is CS(=O)(=O)Cc1cncc(-c2nc(NCc3ccccn3)c3c(-c4ccccc4)cccc3n2)c1. The van der Waals surface area contributed by atoms with Crippen molar-refractivity contribution in [2.24, 2.45) is 0 Å². The number of hydrogen-bond acceptors (Lipinski definition) is 7. The summed E-state index contributed by atoms with van der Waals surface area (Å²) in [7, 11) is -3.19. The summed E-state index contributed by atoms with van der Waals surface area (Å²) in [5.41, 5.74) is 4.98. The van der Waals surface area contributed by atoms with E-state index in [1.165, 1.54) is 6.26 Å². The lowest BCUT2D eigenvalue weighted by atomic mass is 10.0. The number of anilines is 1. The second kappa shape index (κ2) is 9.60. The van der Waals surface area contributed by atoms with Gasteiger partial charge in [-0.2, -0.15) is 0 Å². The minimum atomic E-state index is -3.19. The maximum Gasteiger partial charge on any atom is 0.163 e. The third-order valence-corrected chi connectivity index (χ3v) is 6.31. The molecule has 0 amide bonds. The maximum absolute atomic E-state index is 11.8. The van der Waals surface area contributed by atoms with Crippen molar-refractivity contribution >= 4 is 26.6 Å². The van der Waals surface area contributed by atoms with Gasteiger partial charge in [-0.3, -0.25) is 9.97 Å². The van der Waals surface area contributed by atoms with Crippen LogP contribution in [0.4, 0.5) is 5.82 Å². The Labute approximate surface area is 203 Å². The molecule has 0 atom stereocenters. The highest BCUT2D eigenvalue weighted by atomic mass is 32.2. The van der Waals surface area contributed by atoms with Crippen molar-refractivity contribution in [3.63, 3.8) is 0 Å². The fourth-order valence-corrected chi connectivity index (χ4v) is 4.73. The topological polar surface area (TPSA) is 97.7 Å². The van der Waals surface area contributed by atoms with Gasteiger partial charge in [0.15, 0.2) is 15.7 Å². The molecule has 7 nitrogen and oxygen atoms in total. The van der Waals surface area contributed by atoms with Crippen molar-refractivity contribution in [3.8, 4) is 22.5 Å². The summed E-state index contributed by atoms with van der Waals surface area (Å²) >= 11 is 0. The number of hydrogen-bond donors (Lipinski definition) is 1. The van der Waals surface area contributed by atoms with Crippen LogP contribution < -0.4 is 5.32 Å². The number of rotatable bonds is 7. The van der Waals surface area contributed by atoms with E-state index < -0.39 is 9.84 Å². The lowest BCUT2D eigenvalue weighted by Crippen LogP contribution is -2.06. The average Bonchev–Trinajstić information content (AvgIpc) is 2.87. The lowest BCUT2D eigenvalue weighted by molar-refractivity contribution is 0.601. The Bertz CT molecular complexity index is 1590. The quantitative estimate of drug-likeness (QED) is 0.353. The van der Waals surface area contributed by atoms with Crippen molar-refractivity contribution in [1.29, 1.82) is 0 Å². The maximum atomic E-state index is 11.8. The monoisotopic (exact) mass is 481 g/mol. The second-order valence-corrected chi connectivity index (χ2v) is 10.4. The Morgan fingerprint density at radius 3 is 2.46 bits per heavy atom. The molecule has 174 valence electrons. The van der Waals surface area contributed by atoms with Crippen LogP contribution in [0.5, 0.6) is 0 Å². The molecule has 35 heavy (non-hydrogen) atoms. The van der Waals surface area contributed by atoms with Gasteiger partial charge in [0.25, 0.3) is 0 Å². The van der Waals surface area contributed by atoms with Crippen LogP contribution in [0.2, 0.25) is 0 Å². The average molecular weight is 482 g/mol. The number of sulfone groups is 1. The van der Waals surface area contributed by atoms with Gasteiger partial charge in [0.1, 0.15) is 5.82 Å². The van der Waals surface area contributed by atoms with Crippen LogP contribution in [0, 0.1) is 0 Å². The highest BCUT2D eigenvalue weighted by Crippen LogP contribution is 2.34. The second-order valence-electron chi connectivity index (χ2n) is 8.29. The molecule has 5 aromatic rings. The summed E-state index contributed by atoms with van der Waals surface area (Å²) in [6.45, 7) is 0.488. The van der Waals surface area contributed by atoms with Gasteiger partial charge in [0, 0.05) is 30.4 Å². The fraction of sp³-hybridized carbons (Fsp3) is 0.111. The molecule has 5 rings (SSSR count). The van der Waals surface area contributed by atoms with Gasteiger partial charge in [-0.1, -0.05) is 48.5 Å². The molecule has 0 saturated carbocycles. The molecule has 0 fully saturated rings. The molecular weight excluding hydrogens is 458 g/mol. The summed E-state index contributed by atoms with van der Waals surface area (Å²) in [5, 5.41) is 4.35. The molecule has 8 heteroatoms. The van der Waals surface area contributed by atoms with Crippen LogP contribution in [0.1, 0.15) is 11.3 Å². The Kier molecular flexibility index (Phi) is 6.20.